The monoisotopic (exact) mass is 515 g/mol. The van der Waals surface area contributed by atoms with E-state index in [1.807, 2.05) is 0 Å². The largest absolute Gasteiger partial charge is 0.267 e. The van der Waals surface area contributed by atoms with Gasteiger partial charge >= 0.3 is 0 Å². The molecule has 0 amide bonds. The first kappa shape index (κ1) is 35.4. The predicted molar refractivity (Wildman–Crippen MR) is 162 cm³/mol. The lowest BCUT2D eigenvalue weighted by molar-refractivity contribution is 0.439. The van der Waals surface area contributed by atoms with Gasteiger partial charge in [-0.3, -0.25) is 0 Å². The van der Waals surface area contributed by atoms with Gasteiger partial charge in [0.1, 0.15) is 12.3 Å². The van der Waals surface area contributed by atoms with E-state index in [2.05, 4.69) is 13.8 Å². The Hall–Kier alpha value is 0.350. The van der Waals surface area contributed by atoms with E-state index in [-0.39, 0.29) is 0 Å². The molecule has 3 heteroatoms. The Morgan fingerprint density at radius 1 is 0.286 bits per heavy atom. The second-order valence-electron chi connectivity index (χ2n) is 11.5. The molecule has 0 saturated carbocycles. The van der Waals surface area contributed by atoms with E-state index < -0.39 is 7.72 Å². The standard InChI is InChI=1S/C32H68O2P/c1-3-5-7-9-11-13-15-17-19-21-23-25-27-29-31-35(33,34)32-30-28-26-24-22-20-18-16-14-12-10-8-6-4-2/h33-34H,3-32H2,1-2H3/q+1. The molecule has 0 radical (unpaired) electrons. The minimum absolute atomic E-state index is 0.670. The Morgan fingerprint density at radius 2 is 0.457 bits per heavy atom. The van der Waals surface area contributed by atoms with Gasteiger partial charge in [-0.05, 0) is 25.7 Å². The highest BCUT2D eigenvalue weighted by molar-refractivity contribution is 7.64. The second kappa shape index (κ2) is 28.9. The molecule has 35 heavy (non-hydrogen) atoms. The summed E-state index contributed by atoms with van der Waals surface area (Å²) in [5, 5.41) is 0. The highest BCUT2D eigenvalue weighted by Gasteiger charge is 2.30. The molecule has 0 aromatic rings. The Morgan fingerprint density at radius 3 is 0.657 bits per heavy atom. The third-order valence-electron chi connectivity index (χ3n) is 7.74. The third kappa shape index (κ3) is 30.5. The molecule has 0 atom stereocenters. The average Bonchev–Trinajstić information content (AvgIpc) is 2.84. The summed E-state index contributed by atoms with van der Waals surface area (Å²) < 4.78 is 0. The van der Waals surface area contributed by atoms with Crippen molar-refractivity contribution >= 4 is 7.72 Å². The zero-order valence-electron chi connectivity index (χ0n) is 24.6. The summed E-state index contributed by atoms with van der Waals surface area (Å²) >= 11 is 0. The second-order valence-corrected chi connectivity index (χ2v) is 14.2. The fraction of sp³-hybridized carbons (Fsp3) is 1.00. The van der Waals surface area contributed by atoms with Crippen LogP contribution >= 0.6 is 7.72 Å². The van der Waals surface area contributed by atoms with Gasteiger partial charge in [-0.1, -0.05) is 168 Å². The minimum atomic E-state index is -2.61. The number of hydrogen-bond acceptors (Lipinski definition) is 2. The van der Waals surface area contributed by atoms with Crippen LogP contribution in [0.15, 0.2) is 0 Å². The summed E-state index contributed by atoms with van der Waals surface area (Å²) in [4.78, 5) is 20.7. The quantitative estimate of drug-likeness (QED) is 0.0737. The molecule has 0 aromatic heterocycles. The fourth-order valence-electron chi connectivity index (χ4n) is 5.23. The average molecular weight is 516 g/mol. The highest BCUT2D eigenvalue weighted by Crippen LogP contribution is 2.51. The van der Waals surface area contributed by atoms with Gasteiger partial charge in [0.2, 0.25) is 0 Å². The van der Waals surface area contributed by atoms with Crippen LogP contribution < -0.4 is 0 Å². The Labute approximate surface area is 223 Å². The minimum Gasteiger partial charge on any atom is -0.220 e. The van der Waals surface area contributed by atoms with Crippen LogP contribution in [0, 0.1) is 0 Å². The summed E-state index contributed by atoms with van der Waals surface area (Å²) in [6, 6.07) is 0. The van der Waals surface area contributed by atoms with Crippen molar-refractivity contribution in [1.29, 1.82) is 0 Å². The molecule has 0 aliphatic rings. The molecule has 2 N–H and O–H groups in total. The fourth-order valence-corrected chi connectivity index (χ4v) is 6.91. The van der Waals surface area contributed by atoms with Crippen LogP contribution in [0.2, 0.25) is 0 Å². The Bertz CT molecular complexity index is 352. The third-order valence-corrected chi connectivity index (χ3v) is 9.80. The molecular weight excluding hydrogens is 447 g/mol. The lowest BCUT2D eigenvalue weighted by Crippen LogP contribution is -2.02. The highest BCUT2D eigenvalue weighted by atomic mass is 31.2. The molecule has 0 spiro atoms. The van der Waals surface area contributed by atoms with Crippen LogP contribution in [0.3, 0.4) is 0 Å². The molecular formula is C32H68O2P+. The first-order valence-corrected chi connectivity index (χ1v) is 18.5. The predicted octanol–water partition coefficient (Wildman–Crippen LogP) is 11.8. The van der Waals surface area contributed by atoms with Crippen LogP contribution in [0.1, 0.15) is 194 Å². The SMILES string of the molecule is CCCCCCCCCCCCCCCC[P+](O)(O)CCCCCCCCCCCCCCCC. The molecule has 0 aliphatic carbocycles. The van der Waals surface area contributed by atoms with E-state index in [1.54, 1.807) is 0 Å². The maximum atomic E-state index is 10.4. The summed E-state index contributed by atoms with van der Waals surface area (Å²) in [5.41, 5.74) is 0. The van der Waals surface area contributed by atoms with Gasteiger partial charge in [-0.15, -0.1) is 0 Å². The molecule has 0 saturated heterocycles. The van der Waals surface area contributed by atoms with Crippen LogP contribution in [-0.2, 0) is 0 Å². The smallest absolute Gasteiger partial charge is 0.220 e. The van der Waals surface area contributed by atoms with Gasteiger partial charge in [0.25, 0.3) is 7.72 Å². The number of hydrogen-bond donors (Lipinski definition) is 2. The van der Waals surface area contributed by atoms with Crippen molar-refractivity contribution < 1.29 is 9.79 Å². The first-order chi connectivity index (χ1) is 17.1. The topological polar surface area (TPSA) is 40.5 Å². The molecule has 0 bridgehead atoms. The van der Waals surface area contributed by atoms with E-state index >= 15 is 0 Å². The maximum absolute atomic E-state index is 10.4. The summed E-state index contributed by atoms with van der Waals surface area (Å²) in [5.74, 6) is 0. The van der Waals surface area contributed by atoms with Gasteiger partial charge in [0, 0.05) is 0 Å². The van der Waals surface area contributed by atoms with Gasteiger partial charge in [-0.25, -0.2) is 9.79 Å². The molecule has 0 heterocycles. The Balaban J connectivity index is 3.28. The zero-order chi connectivity index (χ0) is 25.7. The van der Waals surface area contributed by atoms with Crippen LogP contribution in [0.5, 0.6) is 0 Å². The molecule has 0 rings (SSSR count). The van der Waals surface area contributed by atoms with Gasteiger partial charge in [0.15, 0.2) is 0 Å². The summed E-state index contributed by atoms with van der Waals surface area (Å²) in [6.45, 7) is 4.57. The number of unbranched alkanes of at least 4 members (excludes halogenated alkanes) is 26. The van der Waals surface area contributed by atoms with E-state index in [0.717, 1.165) is 12.8 Å². The van der Waals surface area contributed by atoms with Crippen molar-refractivity contribution in [3.63, 3.8) is 0 Å². The van der Waals surface area contributed by atoms with Crippen LogP contribution in [-0.4, -0.2) is 22.1 Å². The van der Waals surface area contributed by atoms with Gasteiger partial charge in [-0.2, -0.15) is 0 Å². The lowest BCUT2D eigenvalue weighted by atomic mass is 10.0. The lowest BCUT2D eigenvalue weighted by Gasteiger charge is -2.12. The normalized spacial score (nSPS) is 12.0. The zero-order valence-corrected chi connectivity index (χ0v) is 25.4. The van der Waals surface area contributed by atoms with Crippen LogP contribution in [0.25, 0.3) is 0 Å². The molecule has 0 unspecified atom stereocenters. The van der Waals surface area contributed by atoms with E-state index in [9.17, 15) is 9.79 Å². The first-order valence-electron chi connectivity index (χ1n) is 16.4. The summed E-state index contributed by atoms with van der Waals surface area (Å²) in [7, 11) is -2.61. The van der Waals surface area contributed by atoms with Crippen molar-refractivity contribution in [2.45, 2.75) is 194 Å². The number of rotatable bonds is 30. The van der Waals surface area contributed by atoms with Gasteiger partial charge < -0.3 is 0 Å². The maximum Gasteiger partial charge on any atom is 0.267 e. The Kier molecular flexibility index (Phi) is 29.2. The molecule has 0 fully saturated rings. The van der Waals surface area contributed by atoms with E-state index in [1.165, 1.54) is 167 Å². The van der Waals surface area contributed by atoms with Crippen molar-refractivity contribution in [2.24, 2.45) is 0 Å². The summed E-state index contributed by atoms with van der Waals surface area (Å²) in [6.07, 6.45) is 39.1. The van der Waals surface area contributed by atoms with E-state index in [0.29, 0.717) is 12.3 Å². The van der Waals surface area contributed by atoms with Crippen molar-refractivity contribution in [2.75, 3.05) is 12.3 Å². The van der Waals surface area contributed by atoms with Crippen LogP contribution in [0.4, 0.5) is 0 Å². The van der Waals surface area contributed by atoms with Crippen molar-refractivity contribution in [3.8, 4) is 0 Å². The van der Waals surface area contributed by atoms with Crippen molar-refractivity contribution in [1.82, 2.24) is 0 Å². The molecule has 2 nitrogen and oxygen atoms in total. The molecule has 0 aromatic carbocycles. The van der Waals surface area contributed by atoms with Crippen molar-refractivity contribution in [3.05, 3.63) is 0 Å². The molecule has 0 aliphatic heterocycles. The molecule has 212 valence electrons. The van der Waals surface area contributed by atoms with E-state index in [4.69, 9.17) is 0 Å². The van der Waals surface area contributed by atoms with Gasteiger partial charge in [0.05, 0.1) is 0 Å².